The molecule has 116 valence electrons. The summed E-state index contributed by atoms with van der Waals surface area (Å²) in [6.45, 7) is 0.801. The predicted octanol–water partition coefficient (Wildman–Crippen LogP) is 5.16. The van der Waals surface area contributed by atoms with Crippen LogP contribution in [-0.4, -0.2) is 27.1 Å². The van der Waals surface area contributed by atoms with Gasteiger partial charge in [0.1, 0.15) is 0 Å². The van der Waals surface area contributed by atoms with Crippen LogP contribution >= 0.6 is 34.7 Å². The molecule has 0 aliphatic carbocycles. The van der Waals surface area contributed by atoms with Crippen LogP contribution in [0.15, 0.2) is 29.2 Å². The second kappa shape index (κ2) is 7.00. The second-order valence-electron chi connectivity index (χ2n) is 5.45. The summed E-state index contributed by atoms with van der Waals surface area (Å²) in [6.07, 6.45) is 0. The van der Waals surface area contributed by atoms with Gasteiger partial charge in [0.15, 0.2) is 0 Å². The summed E-state index contributed by atoms with van der Waals surface area (Å²) in [5.74, 6) is 0.974. The van der Waals surface area contributed by atoms with Crippen molar-refractivity contribution >= 4 is 55.3 Å². The number of nitrogens with one attached hydrogen (secondary N) is 1. The summed E-state index contributed by atoms with van der Waals surface area (Å²) < 4.78 is 0. The first-order valence-corrected chi connectivity index (χ1v) is 14.3. The van der Waals surface area contributed by atoms with Gasteiger partial charge in [-0.2, -0.15) is 0 Å². The third kappa shape index (κ3) is 3.56. The van der Waals surface area contributed by atoms with E-state index >= 15 is 0 Å². The maximum absolute atomic E-state index is 12.3. The van der Waals surface area contributed by atoms with Gasteiger partial charge in [-0.05, 0) is 0 Å². The van der Waals surface area contributed by atoms with Gasteiger partial charge in [-0.3, -0.25) is 0 Å². The van der Waals surface area contributed by atoms with Crippen LogP contribution < -0.4 is 5.32 Å². The molecule has 3 rings (SSSR count). The van der Waals surface area contributed by atoms with Crippen LogP contribution in [0.1, 0.15) is 15.2 Å². The Morgan fingerprint density at radius 1 is 1.36 bits per heavy atom. The molecular weight excluding hydrogens is 397 g/mol. The quantitative estimate of drug-likeness (QED) is 0.702. The van der Waals surface area contributed by atoms with Crippen LogP contribution in [0.25, 0.3) is 10.4 Å². The van der Waals surface area contributed by atoms with E-state index in [1.807, 2.05) is 18.2 Å². The average Bonchev–Trinajstić information content (AvgIpc) is 2.90. The Labute approximate surface area is 148 Å². The van der Waals surface area contributed by atoms with Crippen molar-refractivity contribution in [1.29, 1.82) is 0 Å². The Kier molecular flexibility index (Phi) is 5.23. The molecule has 0 atom stereocenters. The molecule has 1 aromatic heterocycles. The van der Waals surface area contributed by atoms with Gasteiger partial charge in [0.25, 0.3) is 0 Å². The first kappa shape index (κ1) is 16.4. The number of halogens is 1. The van der Waals surface area contributed by atoms with Crippen molar-refractivity contribution in [1.82, 2.24) is 5.32 Å². The van der Waals surface area contributed by atoms with E-state index in [4.69, 9.17) is 11.6 Å². The van der Waals surface area contributed by atoms with E-state index in [1.165, 1.54) is 20.9 Å². The summed E-state index contributed by atoms with van der Waals surface area (Å²) in [4.78, 5) is 15.5. The summed E-state index contributed by atoms with van der Waals surface area (Å²) in [5, 5.41) is 4.97. The standard InChI is InChI=1S/C16H17AsClNOS2/c1-17(2)5-6-19-16(20)14-7-10-9-21-13-8-11(18)3-4-12(13)15(10)22-14/h3-4,7-8H,5-6,9H2,1-2H3,(H,19,20). The van der Waals surface area contributed by atoms with E-state index in [1.54, 1.807) is 23.1 Å². The topological polar surface area (TPSA) is 29.1 Å². The van der Waals surface area contributed by atoms with Crippen LogP contribution in [0, 0.1) is 0 Å². The fourth-order valence-electron chi connectivity index (χ4n) is 2.31. The van der Waals surface area contributed by atoms with Crippen molar-refractivity contribution < 1.29 is 4.79 Å². The fourth-order valence-corrected chi connectivity index (χ4v) is 6.09. The van der Waals surface area contributed by atoms with Crippen molar-refractivity contribution in [2.45, 2.75) is 27.3 Å². The summed E-state index contributed by atoms with van der Waals surface area (Å²) in [6, 6.07) is 8.04. The molecule has 1 N–H and O–H groups in total. The van der Waals surface area contributed by atoms with Crippen molar-refractivity contribution in [2.24, 2.45) is 0 Å². The maximum atomic E-state index is 12.3. The zero-order chi connectivity index (χ0) is 15.7. The number of fused-ring (bicyclic) bond motifs is 3. The monoisotopic (exact) mass is 413 g/mol. The molecule has 1 aromatic carbocycles. The van der Waals surface area contributed by atoms with Crippen molar-refractivity contribution in [3.8, 4) is 10.4 Å². The molecular formula is C16H17AsClNOS2. The molecule has 2 aromatic rings. The fraction of sp³-hybridized carbons (Fsp3) is 0.312. The molecule has 1 amide bonds. The van der Waals surface area contributed by atoms with E-state index in [9.17, 15) is 4.79 Å². The third-order valence-electron chi connectivity index (χ3n) is 3.45. The van der Waals surface area contributed by atoms with Crippen molar-refractivity contribution in [2.75, 3.05) is 6.54 Å². The molecule has 1 aliphatic rings. The van der Waals surface area contributed by atoms with Crippen LogP contribution in [0.4, 0.5) is 0 Å². The second-order valence-corrected chi connectivity index (χ2v) is 13.4. The van der Waals surface area contributed by atoms with Crippen LogP contribution in [0.5, 0.6) is 0 Å². The molecule has 0 saturated carbocycles. The number of hydrogen-bond acceptors (Lipinski definition) is 3. The Bertz CT molecular complexity index is 714. The van der Waals surface area contributed by atoms with E-state index in [2.05, 4.69) is 22.8 Å². The number of hydrogen-bond donors (Lipinski definition) is 1. The summed E-state index contributed by atoms with van der Waals surface area (Å²) in [7, 11) is 0. The van der Waals surface area contributed by atoms with E-state index in [-0.39, 0.29) is 5.91 Å². The number of thioether (sulfide) groups is 1. The van der Waals surface area contributed by atoms with Gasteiger partial charge < -0.3 is 0 Å². The molecule has 0 spiro atoms. The van der Waals surface area contributed by atoms with Gasteiger partial charge in [0.2, 0.25) is 0 Å². The SMILES string of the molecule is C[As](C)CCNC(=O)c1cc2c(s1)-c1ccc(Cl)cc1SC2. The molecule has 0 radical (unpaired) electrons. The Morgan fingerprint density at radius 3 is 2.95 bits per heavy atom. The van der Waals surface area contributed by atoms with Crippen LogP contribution in [-0.2, 0) is 5.75 Å². The number of thiophene rings is 1. The molecule has 0 unspecified atom stereocenters. The molecule has 6 heteroatoms. The zero-order valence-corrected chi connectivity index (χ0v) is 16.7. The van der Waals surface area contributed by atoms with Crippen molar-refractivity contribution in [3.63, 3.8) is 0 Å². The van der Waals surface area contributed by atoms with Gasteiger partial charge in [-0.25, -0.2) is 0 Å². The van der Waals surface area contributed by atoms with Crippen molar-refractivity contribution in [3.05, 3.63) is 39.7 Å². The number of rotatable bonds is 4. The first-order valence-electron chi connectivity index (χ1n) is 7.03. The van der Waals surface area contributed by atoms with E-state index in [0.717, 1.165) is 27.4 Å². The normalized spacial score (nSPS) is 12.9. The molecule has 22 heavy (non-hydrogen) atoms. The number of carbonyl (C=O) groups is 1. The summed E-state index contributed by atoms with van der Waals surface area (Å²) in [5.41, 5.74) is 7.08. The zero-order valence-electron chi connectivity index (χ0n) is 12.5. The van der Waals surface area contributed by atoms with Gasteiger partial charge >= 0.3 is 149 Å². The molecule has 0 fully saturated rings. The van der Waals surface area contributed by atoms with Gasteiger partial charge in [-0.1, -0.05) is 0 Å². The Hall–Kier alpha value is -0.412. The molecule has 2 nitrogen and oxygen atoms in total. The van der Waals surface area contributed by atoms with E-state index < -0.39 is 14.7 Å². The molecule has 0 bridgehead atoms. The van der Waals surface area contributed by atoms with E-state index in [0.29, 0.717) is 0 Å². The van der Waals surface area contributed by atoms with Crippen LogP contribution in [0.2, 0.25) is 21.7 Å². The first-order chi connectivity index (χ1) is 10.5. The predicted molar refractivity (Wildman–Crippen MR) is 98.9 cm³/mol. The molecule has 1 aliphatic heterocycles. The minimum absolute atomic E-state index is 0.0655. The minimum atomic E-state index is -0.667. The average molecular weight is 414 g/mol. The number of amides is 1. The number of carbonyl (C=O) groups excluding carboxylic acids is 1. The van der Waals surface area contributed by atoms with Crippen LogP contribution in [0.3, 0.4) is 0 Å². The van der Waals surface area contributed by atoms with Gasteiger partial charge in [0, 0.05) is 0 Å². The van der Waals surface area contributed by atoms with Gasteiger partial charge in [-0.15, -0.1) is 0 Å². The molecule has 0 saturated heterocycles. The Morgan fingerprint density at radius 2 is 2.18 bits per heavy atom. The van der Waals surface area contributed by atoms with Gasteiger partial charge in [0.05, 0.1) is 0 Å². The Balaban J connectivity index is 1.81. The molecule has 2 heterocycles. The number of benzene rings is 1. The third-order valence-corrected chi connectivity index (χ3v) is 8.34. The summed E-state index contributed by atoms with van der Waals surface area (Å²) >= 11 is 8.79.